The van der Waals surface area contributed by atoms with E-state index in [0.29, 0.717) is 0 Å². The molecule has 0 saturated heterocycles. The third-order valence-electron chi connectivity index (χ3n) is 3.63. The first kappa shape index (κ1) is 17.3. The van der Waals surface area contributed by atoms with Crippen molar-refractivity contribution >= 4 is 56.1 Å². The van der Waals surface area contributed by atoms with Gasteiger partial charge in [-0.25, -0.2) is 0 Å². The standard InChI is InChI=1S/C18H15Cl2P.ClH/c19-21(20,16-10-4-1-5-11-16,17-12-6-2-7-13-17)18-14-8-3-9-15-18;/h1-15H;1H. The van der Waals surface area contributed by atoms with Crippen molar-refractivity contribution in [1.82, 2.24) is 0 Å². The molecule has 0 aliphatic rings. The molecule has 0 fully saturated rings. The number of rotatable bonds is 3. The third-order valence-corrected chi connectivity index (χ3v) is 10.8. The Hall–Kier alpha value is -1.04. The van der Waals surface area contributed by atoms with Crippen molar-refractivity contribution in [2.45, 2.75) is 0 Å². The Bertz CT molecular complexity index is 625. The predicted molar refractivity (Wildman–Crippen MR) is 104 cm³/mol. The minimum absolute atomic E-state index is 0. The van der Waals surface area contributed by atoms with Crippen molar-refractivity contribution in [2.75, 3.05) is 0 Å². The molecule has 0 aliphatic carbocycles. The monoisotopic (exact) mass is 368 g/mol. The van der Waals surface area contributed by atoms with Crippen LogP contribution in [0.15, 0.2) is 91.0 Å². The van der Waals surface area contributed by atoms with Crippen molar-refractivity contribution in [3.63, 3.8) is 0 Å². The Morgan fingerprint density at radius 2 is 0.682 bits per heavy atom. The molecule has 0 bridgehead atoms. The van der Waals surface area contributed by atoms with Gasteiger partial charge in [0.2, 0.25) is 0 Å². The van der Waals surface area contributed by atoms with Crippen molar-refractivity contribution < 1.29 is 0 Å². The maximum absolute atomic E-state index is 7.27. The van der Waals surface area contributed by atoms with Gasteiger partial charge in [0.05, 0.1) is 0 Å². The third kappa shape index (κ3) is 2.77. The Kier molecular flexibility index (Phi) is 5.20. The van der Waals surface area contributed by atoms with Crippen molar-refractivity contribution in [3.05, 3.63) is 91.0 Å². The van der Waals surface area contributed by atoms with Crippen LogP contribution >= 0.6 is 40.2 Å². The molecule has 4 heteroatoms. The average molecular weight is 370 g/mol. The van der Waals surface area contributed by atoms with Crippen molar-refractivity contribution in [2.24, 2.45) is 0 Å². The van der Waals surface area contributed by atoms with E-state index >= 15 is 0 Å². The van der Waals surface area contributed by atoms with Crippen LogP contribution in [0.3, 0.4) is 0 Å². The maximum atomic E-state index is 7.27. The summed E-state index contributed by atoms with van der Waals surface area (Å²) in [5, 5.41) is -0.543. The summed E-state index contributed by atoms with van der Waals surface area (Å²) in [6, 6.07) is 29.9. The van der Waals surface area contributed by atoms with Gasteiger partial charge in [0.25, 0.3) is 0 Å². The normalized spacial score (nSPS) is 12.7. The predicted octanol–water partition coefficient (Wildman–Crippen LogP) is 5.25. The second-order valence-corrected chi connectivity index (χ2v) is 12.9. The van der Waals surface area contributed by atoms with Crippen molar-refractivity contribution in [1.29, 1.82) is 0 Å². The summed E-state index contributed by atoms with van der Waals surface area (Å²) in [4.78, 5) is 0. The molecule has 0 spiro atoms. The van der Waals surface area contributed by atoms with E-state index in [-0.39, 0.29) is 12.4 Å². The van der Waals surface area contributed by atoms with Crippen LogP contribution in [-0.4, -0.2) is 0 Å². The summed E-state index contributed by atoms with van der Waals surface area (Å²) in [5.74, 6) is 0. The second kappa shape index (κ2) is 6.60. The fourth-order valence-corrected chi connectivity index (χ4v) is 7.53. The number of hydrogen-bond acceptors (Lipinski definition) is 0. The van der Waals surface area contributed by atoms with Crippen LogP contribution in [0.4, 0.5) is 0 Å². The summed E-state index contributed by atoms with van der Waals surface area (Å²) < 4.78 is 0. The number of halogens is 3. The number of hydrogen-bond donors (Lipinski definition) is 0. The molecule has 3 aromatic rings. The van der Waals surface area contributed by atoms with E-state index in [2.05, 4.69) is 0 Å². The summed E-state index contributed by atoms with van der Waals surface area (Å²) in [7, 11) is 0. The number of benzene rings is 3. The molecule has 0 N–H and O–H groups in total. The SMILES string of the molecule is Cl.ClP(Cl)(c1ccccc1)(c1ccccc1)c1ccccc1. The molecule has 0 nitrogen and oxygen atoms in total. The molecule has 0 aromatic heterocycles. The first-order chi connectivity index (χ1) is 10.1. The van der Waals surface area contributed by atoms with Gasteiger partial charge in [-0.1, -0.05) is 0 Å². The molecule has 3 aromatic carbocycles. The zero-order chi connectivity index (χ0) is 14.8. The average Bonchev–Trinajstić information content (AvgIpc) is 2.57. The molecule has 0 aliphatic heterocycles. The van der Waals surface area contributed by atoms with Gasteiger partial charge in [-0.3, -0.25) is 0 Å². The van der Waals surface area contributed by atoms with E-state index in [9.17, 15) is 0 Å². The molecule has 0 saturated carbocycles. The van der Waals surface area contributed by atoms with Gasteiger partial charge in [0.15, 0.2) is 0 Å². The molecule has 0 amide bonds. The van der Waals surface area contributed by atoms with Crippen LogP contribution in [0.2, 0.25) is 0 Å². The quantitative estimate of drug-likeness (QED) is 0.553. The second-order valence-electron chi connectivity index (χ2n) is 4.91. The zero-order valence-corrected chi connectivity index (χ0v) is 15.0. The summed E-state index contributed by atoms with van der Waals surface area (Å²) in [6.07, 6.45) is 0. The molecule has 0 radical (unpaired) electrons. The minimum atomic E-state index is -3.43. The van der Waals surface area contributed by atoms with Crippen molar-refractivity contribution in [3.8, 4) is 0 Å². The van der Waals surface area contributed by atoms with Crippen LogP contribution in [0.25, 0.3) is 0 Å². The Morgan fingerprint density at radius 1 is 0.455 bits per heavy atom. The topological polar surface area (TPSA) is 0 Å². The van der Waals surface area contributed by atoms with Crippen LogP contribution in [0, 0.1) is 0 Å². The van der Waals surface area contributed by atoms with Gasteiger partial charge in [-0.05, 0) is 0 Å². The summed E-state index contributed by atoms with van der Waals surface area (Å²) in [5.41, 5.74) is 0. The van der Waals surface area contributed by atoms with Gasteiger partial charge in [0, 0.05) is 0 Å². The van der Waals surface area contributed by atoms with Gasteiger partial charge in [0.1, 0.15) is 0 Å². The Labute approximate surface area is 147 Å². The van der Waals surface area contributed by atoms with Crippen LogP contribution in [0.1, 0.15) is 0 Å². The fraction of sp³-hybridized carbons (Fsp3) is 0. The fourth-order valence-electron chi connectivity index (χ4n) is 2.52. The van der Waals surface area contributed by atoms with E-state index in [0.717, 1.165) is 15.9 Å². The molecule has 0 heterocycles. The first-order valence-corrected chi connectivity index (χ1v) is 10.8. The van der Waals surface area contributed by atoms with E-state index in [1.807, 2.05) is 91.0 Å². The van der Waals surface area contributed by atoms with E-state index in [1.54, 1.807) is 0 Å². The van der Waals surface area contributed by atoms with Gasteiger partial charge in [-0.2, -0.15) is 0 Å². The van der Waals surface area contributed by atoms with E-state index in [4.69, 9.17) is 22.5 Å². The van der Waals surface area contributed by atoms with Crippen LogP contribution in [0.5, 0.6) is 0 Å². The summed E-state index contributed by atoms with van der Waals surface area (Å²) in [6.45, 7) is 0. The van der Waals surface area contributed by atoms with Gasteiger partial charge >= 0.3 is 135 Å². The van der Waals surface area contributed by atoms with E-state index < -0.39 is 5.31 Å². The summed E-state index contributed by atoms with van der Waals surface area (Å²) >= 11 is 14.5. The van der Waals surface area contributed by atoms with Gasteiger partial charge < -0.3 is 0 Å². The van der Waals surface area contributed by atoms with Gasteiger partial charge in [-0.15, -0.1) is 12.4 Å². The molecule has 0 atom stereocenters. The molecular formula is C18H16Cl3P. The van der Waals surface area contributed by atoms with Crippen LogP contribution in [-0.2, 0) is 0 Å². The molecule has 0 unspecified atom stereocenters. The zero-order valence-electron chi connectivity index (χ0n) is 11.8. The molecule has 22 heavy (non-hydrogen) atoms. The molecule has 3 rings (SSSR count). The molecule has 114 valence electrons. The van der Waals surface area contributed by atoms with E-state index in [1.165, 1.54) is 0 Å². The molecular weight excluding hydrogens is 354 g/mol. The Balaban J connectivity index is 0.00000176. The Morgan fingerprint density at radius 3 is 0.909 bits per heavy atom. The van der Waals surface area contributed by atoms with Crippen LogP contribution < -0.4 is 15.9 Å². The first-order valence-electron chi connectivity index (χ1n) is 6.74.